The average Bonchev–Trinajstić information content (AvgIpc) is 3.04. The van der Waals surface area contributed by atoms with Gasteiger partial charge in [-0.05, 0) is 49.2 Å². The Bertz CT molecular complexity index is 1070. The average molecular weight is 444 g/mol. The van der Waals surface area contributed by atoms with Crippen molar-refractivity contribution >= 4 is 35.1 Å². The first-order valence-corrected chi connectivity index (χ1v) is 10.8. The number of aromatic amines is 1. The lowest BCUT2D eigenvalue weighted by Gasteiger charge is -2.19. The number of anilines is 1. The van der Waals surface area contributed by atoms with E-state index in [1.54, 1.807) is 18.9 Å². The molecule has 2 N–H and O–H groups in total. The van der Waals surface area contributed by atoms with Crippen LogP contribution >= 0.6 is 23.4 Å². The Morgan fingerprint density at radius 1 is 1.17 bits per heavy atom. The third kappa shape index (κ3) is 4.13. The quantitative estimate of drug-likeness (QED) is 0.572. The maximum Gasteiger partial charge on any atom is 0.238 e. The fourth-order valence-electron chi connectivity index (χ4n) is 3.36. The minimum atomic E-state index is -0.213. The second-order valence-corrected chi connectivity index (χ2v) is 8.97. The van der Waals surface area contributed by atoms with Crippen molar-refractivity contribution in [2.75, 3.05) is 12.4 Å². The minimum Gasteiger partial charge on any atom is -0.493 e. The van der Waals surface area contributed by atoms with Crippen LogP contribution in [0.2, 0.25) is 5.02 Å². The lowest BCUT2D eigenvalue weighted by Crippen LogP contribution is -2.21. The number of H-pyrrole nitrogens is 1. The zero-order valence-corrected chi connectivity index (χ0v) is 18.4. The van der Waals surface area contributed by atoms with Crippen molar-refractivity contribution in [2.45, 2.75) is 31.0 Å². The molecule has 0 radical (unpaired) electrons. The second kappa shape index (κ2) is 8.62. The summed E-state index contributed by atoms with van der Waals surface area (Å²) in [6, 6.07) is 13.4. The van der Waals surface area contributed by atoms with Crippen LogP contribution in [0.15, 0.2) is 42.5 Å². The van der Waals surface area contributed by atoms with Crippen molar-refractivity contribution < 1.29 is 14.3 Å². The summed E-state index contributed by atoms with van der Waals surface area (Å²) in [7, 11) is 1.62. The van der Waals surface area contributed by atoms with Gasteiger partial charge < -0.3 is 14.8 Å². The molecule has 3 aromatic rings. The summed E-state index contributed by atoms with van der Waals surface area (Å²) < 4.78 is 11.6. The van der Waals surface area contributed by atoms with Crippen LogP contribution in [0.5, 0.6) is 11.5 Å². The highest BCUT2D eigenvalue weighted by Crippen LogP contribution is 2.46. The number of ether oxygens (including phenoxy) is 2. The molecular weight excluding hydrogens is 422 g/mol. The fourth-order valence-corrected chi connectivity index (χ4v) is 4.80. The number of nitrogens with one attached hydrogen (secondary N) is 2. The van der Waals surface area contributed by atoms with Gasteiger partial charge in [0.2, 0.25) is 5.91 Å². The number of aromatic nitrogens is 2. The monoisotopic (exact) mass is 443 g/mol. The van der Waals surface area contributed by atoms with Gasteiger partial charge in [-0.3, -0.25) is 9.89 Å². The van der Waals surface area contributed by atoms with E-state index in [9.17, 15) is 4.79 Å². The van der Waals surface area contributed by atoms with E-state index in [0.717, 1.165) is 22.4 Å². The van der Waals surface area contributed by atoms with Crippen molar-refractivity contribution in [2.24, 2.45) is 0 Å². The lowest BCUT2D eigenvalue weighted by atomic mass is 10.0. The van der Waals surface area contributed by atoms with Gasteiger partial charge in [0, 0.05) is 16.3 Å². The van der Waals surface area contributed by atoms with Crippen LogP contribution in [-0.2, 0) is 11.4 Å². The van der Waals surface area contributed by atoms with E-state index in [0.29, 0.717) is 28.9 Å². The van der Waals surface area contributed by atoms with Crippen LogP contribution < -0.4 is 14.8 Å². The highest BCUT2D eigenvalue weighted by atomic mass is 35.5. The van der Waals surface area contributed by atoms with Crippen LogP contribution in [-0.4, -0.2) is 28.5 Å². The van der Waals surface area contributed by atoms with Crippen LogP contribution in [0.25, 0.3) is 0 Å². The van der Waals surface area contributed by atoms with E-state index in [2.05, 4.69) is 15.5 Å². The summed E-state index contributed by atoms with van der Waals surface area (Å²) >= 11 is 7.53. The fraction of sp³-hybridized carbons (Fsp3) is 0.273. The highest BCUT2D eigenvalue weighted by molar-refractivity contribution is 8.01. The molecule has 8 heteroatoms. The molecular formula is C22H22ClN3O3S. The number of methoxy groups -OCH3 is 1. The molecule has 2 heterocycles. The zero-order valence-electron chi connectivity index (χ0n) is 16.9. The largest absolute Gasteiger partial charge is 0.493 e. The first-order valence-electron chi connectivity index (χ1n) is 9.52. The van der Waals surface area contributed by atoms with Gasteiger partial charge in [-0.2, -0.15) is 5.10 Å². The van der Waals surface area contributed by atoms with E-state index in [1.807, 2.05) is 56.3 Å². The molecule has 1 aliphatic rings. The molecule has 0 fully saturated rings. The smallest absolute Gasteiger partial charge is 0.238 e. The molecule has 0 bridgehead atoms. The molecule has 6 nitrogen and oxygen atoms in total. The minimum absolute atomic E-state index is 0.0508. The van der Waals surface area contributed by atoms with Crippen LogP contribution in [0.4, 0.5) is 5.82 Å². The van der Waals surface area contributed by atoms with Gasteiger partial charge in [-0.1, -0.05) is 29.8 Å². The number of rotatable bonds is 5. The molecule has 0 unspecified atom stereocenters. The first-order chi connectivity index (χ1) is 14.5. The van der Waals surface area contributed by atoms with Crippen molar-refractivity contribution in [3.8, 4) is 11.5 Å². The molecule has 2 aromatic carbocycles. The molecule has 4 rings (SSSR count). The molecule has 2 atom stereocenters. The summed E-state index contributed by atoms with van der Waals surface area (Å²) in [6.07, 6.45) is 0. The van der Waals surface area contributed by atoms with Crippen LogP contribution in [0, 0.1) is 6.92 Å². The SMILES string of the molecule is COc1cc([C@@H]2S[C@@H](C)C(=O)Nc3n[nH]c(C)c32)ccc1OCc1ccc(Cl)cc1. The number of fused-ring (bicyclic) bond motifs is 1. The Morgan fingerprint density at radius 3 is 2.67 bits per heavy atom. The van der Waals surface area contributed by atoms with Gasteiger partial charge in [-0.15, -0.1) is 11.8 Å². The second-order valence-electron chi connectivity index (χ2n) is 7.08. The first kappa shape index (κ1) is 20.6. The molecule has 156 valence electrons. The number of hydrogen-bond acceptors (Lipinski definition) is 5. The van der Waals surface area contributed by atoms with Gasteiger partial charge in [0.1, 0.15) is 6.61 Å². The Labute approximate surface area is 184 Å². The number of carbonyl (C=O) groups is 1. The highest BCUT2D eigenvalue weighted by Gasteiger charge is 2.32. The van der Waals surface area contributed by atoms with Gasteiger partial charge in [0.25, 0.3) is 0 Å². The molecule has 1 aromatic heterocycles. The molecule has 0 spiro atoms. The van der Waals surface area contributed by atoms with Gasteiger partial charge in [0.05, 0.1) is 17.6 Å². The predicted octanol–water partition coefficient (Wildman–Crippen LogP) is 5.12. The summed E-state index contributed by atoms with van der Waals surface area (Å²) in [6.45, 7) is 4.27. The summed E-state index contributed by atoms with van der Waals surface area (Å²) in [4.78, 5) is 12.3. The number of amides is 1. The van der Waals surface area contributed by atoms with Crippen LogP contribution in [0.1, 0.15) is 34.6 Å². The molecule has 1 amide bonds. The summed E-state index contributed by atoms with van der Waals surface area (Å²) in [5.74, 6) is 1.83. The maximum absolute atomic E-state index is 12.3. The topological polar surface area (TPSA) is 76.2 Å². The Morgan fingerprint density at radius 2 is 1.93 bits per heavy atom. The van der Waals surface area contributed by atoms with Crippen molar-refractivity contribution in [3.05, 3.63) is 69.9 Å². The summed E-state index contributed by atoms with van der Waals surface area (Å²) in [5.41, 5.74) is 3.94. The zero-order chi connectivity index (χ0) is 21.3. The van der Waals surface area contributed by atoms with E-state index < -0.39 is 0 Å². The number of benzene rings is 2. The van der Waals surface area contributed by atoms with E-state index in [-0.39, 0.29) is 16.4 Å². The number of halogens is 1. The molecule has 30 heavy (non-hydrogen) atoms. The third-order valence-electron chi connectivity index (χ3n) is 5.01. The number of carbonyl (C=O) groups excluding carboxylic acids is 1. The molecule has 1 aliphatic heterocycles. The number of thioether (sulfide) groups is 1. The Hall–Kier alpha value is -2.64. The number of aryl methyl sites for hydroxylation is 1. The van der Waals surface area contributed by atoms with Gasteiger partial charge >= 0.3 is 0 Å². The normalized spacial score (nSPS) is 18.3. The van der Waals surface area contributed by atoms with E-state index in [4.69, 9.17) is 21.1 Å². The van der Waals surface area contributed by atoms with Crippen molar-refractivity contribution in [1.29, 1.82) is 0 Å². The third-order valence-corrected chi connectivity index (χ3v) is 6.66. The standard InChI is InChI=1S/C22H22ClN3O3S/c1-12-19-20(30-13(2)22(27)24-21(19)26-25-12)15-6-9-17(18(10-15)28-3)29-11-14-4-7-16(23)8-5-14/h4-10,13,20H,11H2,1-3H3,(H2,24,25,26,27)/t13-,20-/m0/s1. The van der Waals surface area contributed by atoms with Crippen molar-refractivity contribution in [1.82, 2.24) is 10.2 Å². The summed E-state index contributed by atoms with van der Waals surface area (Å²) in [5, 5.41) is 10.6. The predicted molar refractivity (Wildman–Crippen MR) is 120 cm³/mol. The lowest BCUT2D eigenvalue weighted by molar-refractivity contribution is -0.115. The number of nitrogens with zero attached hydrogens (tertiary/aromatic N) is 1. The Balaban J connectivity index is 1.62. The molecule has 0 saturated carbocycles. The Kier molecular flexibility index (Phi) is 5.92. The maximum atomic E-state index is 12.3. The van der Waals surface area contributed by atoms with E-state index >= 15 is 0 Å². The van der Waals surface area contributed by atoms with Crippen LogP contribution in [0.3, 0.4) is 0 Å². The molecule has 0 saturated heterocycles. The van der Waals surface area contributed by atoms with E-state index in [1.165, 1.54) is 0 Å². The van der Waals surface area contributed by atoms with Crippen molar-refractivity contribution in [3.63, 3.8) is 0 Å². The van der Waals surface area contributed by atoms with Gasteiger partial charge in [0.15, 0.2) is 17.3 Å². The molecule has 0 aliphatic carbocycles. The van der Waals surface area contributed by atoms with Gasteiger partial charge in [-0.25, -0.2) is 0 Å². The number of hydrogen-bond donors (Lipinski definition) is 2.